The van der Waals surface area contributed by atoms with E-state index in [2.05, 4.69) is 0 Å². The van der Waals surface area contributed by atoms with Crippen LogP contribution in [0.15, 0.2) is 30.3 Å². The van der Waals surface area contributed by atoms with Gasteiger partial charge in [-0.1, -0.05) is 30.3 Å². The van der Waals surface area contributed by atoms with Crippen molar-refractivity contribution in [1.82, 2.24) is 0 Å². The second-order valence-electron chi connectivity index (χ2n) is 4.94. The number of ether oxygens (including phenoxy) is 1. The summed E-state index contributed by atoms with van der Waals surface area (Å²) in [7, 11) is 0. The zero-order chi connectivity index (χ0) is 12.8. The Morgan fingerprint density at radius 3 is 2.83 bits per heavy atom. The molecule has 18 heavy (non-hydrogen) atoms. The van der Waals surface area contributed by atoms with Crippen molar-refractivity contribution in [2.45, 2.75) is 44.2 Å². The Morgan fingerprint density at radius 2 is 2.17 bits per heavy atom. The second kappa shape index (κ2) is 6.66. The molecule has 2 N–H and O–H groups in total. The molecule has 0 amide bonds. The maximum atomic E-state index is 11.9. The lowest BCUT2D eigenvalue weighted by Crippen LogP contribution is -2.33. The third-order valence-corrected chi connectivity index (χ3v) is 3.45. The van der Waals surface area contributed by atoms with Gasteiger partial charge in [0, 0.05) is 13.0 Å². The minimum Gasteiger partial charge on any atom is -0.378 e. The average Bonchev–Trinajstić information content (AvgIpc) is 2.90. The fraction of sp³-hybridized carbons (Fsp3) is 0.533. The minimum absolute atomic E-state index is 0.148. The molecule has 1 aliphatic rings. The topological polar surface area (TPSA) is 52.3 Å². The van der Waals surface area contributed by atoms with Crippen LogP contribution in [0.5, 0.6) is 0 Å². The third-order valence-electron chi connectivity index (χ3n) is 3.45. The zero-order valence-electron chi connectivity index (χ0n) is 10.7. The van der Waals surface area contributed by atoms with E-state index in [4.69, 9.17) is 10.5 Å². The van der Waals surface area contributed by atoms with E-state index in [9.17, 15) is 4.79 Å². The number of carbonyl (C=O) groups excluding carboxylic acids is 1. The van der Waals surface area contributed by atoms with Gasteiger partial charge < -0.3 is 10.5 Å². The summed E-state index contributed by atoms with van der Waals surface area (Å²) in [6.07, 6.45) is 4.47. The van der Waals surface area contributed by atoms with Crippen molar-refractivity contribution >= 4 is 5.78 Å². The van der Waals surface area contributed by atoms with Crippen LogP contribution in [0.1, 0.15) is 31.2 Å². The molecular formula is C15H21NO2. The molecule has 98 valence electrons. The van der Waals surface area contributed by atoms with Crippen LogP contribution < -0.4 is 5.73 Å². The maximum Gasteiger partial charge on any atom is 0.149 e. The van der Waals surface area contributed by atoms with Crippen molar-refractivity contribution < 1.29 is 9.53 Å². The van der Waals surface area contributed by atoms with Crippen LogP contribution in [-0.2, 0) is 16.0 Å². The van der Waals surface area contributed by atoms with Crippen LogP contribution >= 0.6 is 0 Å². The fourth-order valence-electron chi connectivity index (χ4n) is 2.34. The van der Waals surface area contributed by atoms with Gasteiger partial charge in [-0.05, 0) is 31.2 Å². The van der Waals surface area contributed by atoms with Crippen molar-refractivity contribution in [3.63, 3.8) is 0 Å². The summed E-state index contributed by atoms with van der Waals surface area (Å²) in [4.78, 5) is 11.9. The Hall–Kier alpha value is -1.19. The van der Waals surface area contributed by atoms with Crippen LogP contribution in [0.3, 0.4) is 0 Å². The van der Waals surface area contributed by atoms with Crippen LogP contribution in [0, 0.1) is 0 Å². The number of Topliss-reactive ketones (excluding diaryl/α,β-unsaturated/α-hetero) is 1. The predicted octanol–water partition coefficient (Wildman–Crippen LogP) is 2.08. The van der Waals surface area contributed by atoms with E-state index in [1.807, 2.05) is 30.3 Å². The molecule has 1 aliphatic heterocycles. The molecule has 2 unspecified atom stereocenters. The summed E-state index contributed by atoms with van der Waals surface area (Å²) >= 11 is 0. The Labute approximate surface area is 108 Å². The van der Waals surface area contributed by atoms with Gasteiger partial charge in [0.1, 0.15) is 5.78 Å². The summed E-state index contributed by atoms with van der Waals surface area (Å²) in [5.41, 5.74) is 7.06. The Morgan fingerprint density at radius 1 is 1.39 bits per heavy atom. The summed E-state index contributed by atoms with van der Waals surface area (Å²) in [5, 5.41) is 0. The number of carbonyl (C=O) groups is 1. The van der Waals surface area contributed by atoms with E-state index >= 15 is 0 Å². The molecular weight excluding hydrogens is 226 g/mol. The van der Waals surface area contributed by atoms with E-state index in [1.165, 1.54) is 0 Å². The molecule has 1 fully saturated rings. The molecule has 1 aromatic rings. The zero-order valence-corrected chi connectivity index (χ0v) is 10.7. The first kappa shape index (κ1) is 13.2. The lowest BCUT2D eigenvalue weighted by atomic mass is 9.99. The van der Waals surface area contributed by atoms with E-state index in [0.29, 0.717) is 12.8 Å². The Kier molecular flexibility index (Phi) is 4.90. The first-order chi connectivity index (χ1) is 8.75. The average molecular weight is 247 g/mol. The highest BCUT2D eigenvalue weighted by atomic mass is 16.5. The monoisotopic (exact) mass is 247 g/mol. The molecule has 0 saturated carbocycles. The molecule has 0 aromatic heterocycles. The van der Waals surface area contributed by atoms with Gasteiger partial charge >= 0.3 is 0 Å². The number of rotatable bonds is 6. The molecule has 2 rings (SSSR count). The molecule has 3 heteroatoms. The highest BCUT2D eigenvalue weighted by Crippen LogP contribution is 2.17. The predicted molar refractivity (Wildman–Crippen MR) is 71.3 cm³/mol. The molecule has 1 saturated heterocycles. The van der Waals surface area contributed by atoms with Crippen molar-refractivity contribution in [2.75, 3.05) is 6.61 Å². The van der Waals surface area contributed by atoms with Gasteiger partial charge in [0.2, 0.25) is 0 Å². The van der Waals surface area contributed by atoms with E-state index in [-0.39, 0.29) is 17.9 Å². The number of nitrogens with two attached hydrogens (primary N) is 1. The second-order valence-corrected chi connectivity index (χ2v) is 4.94. The summed E-state index contributed by atoms with van der Waals surface area (Å²) < 4.78 is 5.51. The lowest BCUT2D eigenvalue weighted by Gasteiger charge is -2.13. The SMILES string of the molecule is NC(Cc1ccccc1)C(=O)CCC1CCCO1. The number of ketones is 1. The molecule has 3 nitrogen and oxygen atoms in total. The number of hydrogen-bond acceptors (Lipinski definition) is 3. The molecule has 0 bridgehead atoms. The fourth-order valence-corrected chi connectivity index (χ4v) is 2.34. The Bertz CT molecular complexity index is 371. The van der Waals surface area contributed by atoms with Gasteiger partial charge in [-0.2, -0.15) is 0 Å². The highest BCUT2D eigenvalue weighted by Gasteiger charge is 2.19. The van der Waals surface area contributed by atoms with Crippen LogP contribution in [0.2, 0.25) is 0 Å². The normalized spacial score (nSPS) is 20.8. The molecule has 0 aliphatic carbocycles. The van der Waals surface area contributed by atoms with Gasteiger partial charge in [-0.15, -0.1) is 0 Å². The summed E-state index contributed by atoms with van der Waals surface area (Å²) in [6, 6.07) is 9.54. The number of hydrogen-bond donors (Lipinski definition) is 1. The summed E-state index contributed by atoms with van der Waals surface area (Å²) in [5.74, 6) is 0.148. The largest absolute Gasteiger partial charge is 0.378 e. The van der Waals surface area contributed by atoms with Gasteiger partial charge in [0.15, 0.2) is 0 Å². The van der Waals surface area contributed by atoms with Crippen LogP contribution in [-0.4, -0.2) is 24.5 Å². The van der Waals surface area contributed by atoms with E-state index in [1.54, 1.807) is 0 Å². The smallest absolute Gasteiger partial charge is 0.149 e. The standard InChI is InChI=1S/C15H21NO2/c16-14(11-12-5-2-1-3-6-12)15(17)9-8-13-7-4-10-18-13/h1-3,5-6,13-14H,4,7-11,16H2. The summed E-state index contributed by atoms with van der Waals surface area (Å²) in [6.45, 7) is 0.842. The van der Waals surface area contributed by atoms with E-state index < -0.39 is 0 Å². The van der Waals surface area contributed by atoms with Crippen molar-refractivity contribution in [3.05, 3.63) is 35.9 Å². The van der Waals surface area contributed by atoms with Gasteiger partial charge in [0.05, 0.1) is 12.1 Å². The molecule has 2 atom stereocenters. The first-order valence-electron chi connectivity index (χ1n) is 6.69. The van der Waals surface area contributed by atoms with Gasteiger partial charge in [0.25, 0.3) is 0 Å². The van der Waals surface area contributed by atoms with E-state index in [0.717, 1.165) is 31.4 Å². The molecule has 0 radical (unpaired) electrons. The van der Waals surface area contributed by atoms with Crippen molar-refractivity contribution in [2.24, 2.45) is 5.73 Å². The molecule has 1 heterocycles. The first-order valence-corrected chi connectivity index (χ1v) is 6.69. The van der Waals surface area contributed by atoms with Gasteiger partial charge in [-0.25, -0.2) is 0 Å². The van der Waals surface area contributed by atoms with Crippen LogP contribution in [0.4, 0.5) is 0 Å². The van der Waals surface area contributed by atoms with Crippen molar-refractivity contribution in [3.8, 4) is 0 Å². The lowest BCUT2D eigenvalue weighted by molar-refractivity contribution is -0.120. The quantitative estimate of drug-likeness (QED) is 0.837. The molecule has 1 aromatic carbocycles. The highest BCUT2D eigenvalue weighted by molar-refractivity contribution is 5.84. The van der Waals surface area contributed by atoms with Crippen molar-refractivity contribution in [1.29, 1.82) is 0 Å². The van der Waals surface area contributed by atoms with Crippen LogP contribution in [0.25, 0.3) is 0 Å². The minimum atomic E-state index is -0.381. The van der Waals surface area contributed by atoms with Gasteiger partial charge in [-0.3, -0.25) is 4.79 Å². The maximum absolute atomic E-state index is 11.9. The third kappa shape index (κ3) is 3.93. The number of benzene rings is 1. The Balaban J connectivity index is 1.74. The molecule has 0 spiro atoms.